The molecule has 0 atom stereocenters. The summed E-state index contributed by atoms with van der Waals surface area (Å²) in [5.41, 5.74) is 8.20. The van der Waals surface area contributed by atoms with Crippen molar-refractivity contribution in [1.82, 2.24) is 0 Å². The van der Waals surface area contributed by atoms with Gasteiger partial charge in [0.25, 0.3) is 0 Å². The van der Waals surface area contributed by atoms with E-state index in [0.717, 1.165) is 32.1 Å². The van der Waals surface area contributed by atoms with E-state index >= 15 is 0 Å². The molecule has 0 aliphatic heterocycles. The number of allylic oxidation sites excluding steroid dienone is 8. The molecule has 0 heterocycles. The first-order valence-electron chi connectivity index (χ1n) is 8.54. The lowest BCUT2D eigenvalue weighted by molar-refractivity contribution is 0.717. The predicted octanol–water partition coefficient (Wildman–Crippen LogP) is 6.66. The standard InChI is InChI=1S/C19H29N3/c1-2-3-4-5-9-14-19(16-11-8-12-17-19)15-10-6-7-13-18-21-22-20/h9-12,14-17H,2-8,13,18H2,1H3. The van der Waals surface area contributed by atoms with Crippen LogP contribution in [-0.2, 0) is 0 Å². The molecule has 0 aromatic carbocycles. The minimum Gasteiger partial charge on any atom is -0.0940 e. The molecule has 0 saturated heterocycles. The molecule has 1 rings (SSSR count). The van der Waals surface area contributed by atoms with Crippen molar-refractivity contribution in [3.05, 3.63) is 59.1 Å². The lowest BCUT2D eigenvalue weighted by atomic mass is 9.82. The highest BCUT2D eigenvalue weighted by Gasteiger charge is 2.17. The van der Waals surface area contributed by atoms with Gasteiger partial charge in [-0.25, -0.2) is 0 Å². The van der Waals surface area contributed by atoms with E-state index in [1.54, 1.807) is 0 Å². The molecule has 0 spiro atoms. The number of hydrogen-bond acceptors (Lipinski definition) is 1. The fourth-order valence-electron chi connectivity index (χ4n) is 2.53. The fourth-order valence-corrected chi connectivity index (χ4v) is 2.53. The highest BCUT2D eigenvalue weighted by molar-refractivity contribution is 5.32. The maximum absolute atomic E-state index is 8.23. The van der Waals surface area contributed by atoms with Crippen LogP contribution < -0.4 is 0 Å². The molecule has 120 valence electrons. The van der Waals surface area contributed by atoms with Gasteiger partial charge in [0.15, 0.2) is 0 Å². The van der Waals surface area contributed by atoms with Crippen molar-refractivity contribution in [3.63, 3.8) is 0 Å². The van der Waals surface area contributed by atoms with Crippen LogP contribution in [0.4, 0.5) is 0 Å². The van der Waals surface area contributed by atoms with Gasteiger partial charge < -0.3 is 0 Å². The van der Waals surface area contributed by atoms with Crippen LogP contribution in [0.5, 0.6) is 0 Å². The zero-order valence-corrected chi connectivity index (χ0v) is 13.8. The van der Waals surface area contributed by atoms with Crippen LogP contribution in [0.15, 0.2) is 53.7 Å². The van der Waals surface area contributed by atoms with Crippen LogP contribution in [0.2, 0.25) is 0 Å². The predicted molar refractivity (Wildman–Crippen MR) is 95.6 cm³/mol. The average molecular weight is 299 g/mol. The first-order valence-corrected chi connectivity index (χ1v) is 8.54. The van der Waals surface area contributed by atoms with Gasteiger partial charge in [-0.05, 0) is 44.1 Å². The molecule has 0 aromatic rings. The number of rotatable bonds is 11. The minimum atomic E-state index is -0.0325. The highest BCUT2D eigenvalue weighted by Crippen LogP contribution is 2.29. The summed E-state index contributed by atoms with van der Waals surface area (Å²) in [6.07, 6.45) is 27.4. The highest BCUT2D eigenvalue weighted by atomic mass is 15.1. The Morgan fingerprint density at radius 1 is 1.05 bits per heavy atom. The Labute approximate surface area is 135 Å². The zero-order valence-electron chi connectivity index (χ0n) is 13.8. The van der Waals surface area contributed by atoms with E-state index in [9.17, 15) is 0 Å². The number of azide groups is 1. The van der Waals surface area contributed by atoms with Gasteiger partial charge in [0.1, 0.15) is 0 Å². The Balaban J connectivity index is 2.46. The van der Waals surface area contributed by atoms with Crippen LogP contribution in [0.25, 0.3) is 10.4 Å². The first-order chi connectivity index (χ1) is 10.8. The summed E-state index contributed by atoms with van der Waals surface area (Å²) in [6.45, 7) is 2.84. The number of hydrogen-bond donors (Lipinski definition) is 0. The van der Waals surface area contributed by atoms with Gasteiger partial charge in [-0.15, -0.1) is 0 Å². The maximum Gasteiger partial charge on any atom is 0.0423 e. The van der Waals surface area contributed by atoms with E-state index in [1.165, 1.54) is 19.3 Å². The molecule has 0 radical (unpaired) electrons. The Morgan fingerprint density at radius 3 is 2.27 bits per heavy atom. The molecular formula is C19H29N3. The van der Waals surface area contributed by atoms with Crippen LogP contribution in [-0.4, -0.2) is 6.54 Å². The van der Waals surface area contributed by atoms with Crippen LogP contribution in [0.3, 0.4) is 0 Å². The van der Waals surface area contributed by atoms with Crippen LogP contribution in [0.1, 0.15) is 58.3 Å². The van der Waals surface area contributed by atoms with Crippen molar-refractivity contribution in [2.45, 2.75) is 58.3 Å². The van der Waals surface area contributed by atoms with Gasteiger partial charge in [-0.1, -0.05) is 73.5 Å². The van der Waals surface area contributed by atoms with E-state index in [2.05, 4.69) is 65.6 Å². The van der Waals surface area contributed by atoms with Crippen molar-refractivity contribution in [2.75, 3.05) is 6.54 Å². The summed E-state index contributed by atoms with van der Waals surface area (Å²) in [7, 11) is 0. The second-order valence-electron chi connectivity index (χ2n) is 5.79. The summed E-state index contributed by atoms with van der Waals surface area (Å²) in [6, 6.07) is 0. The molecule has 3 nitrogen and oxygen atoms in total. The van der Waals surface area contributed by atoms with Gasteiger partial charge in [-0.3, -0.25) is 0 Å². The molecule has 3 heteroatoms. The van der Waals surface area contributed by atoms with Crippen molar-refractivity contribution < 1.29 is 0 Å². The molecule has 0 amide bonds. The molecule has 0 saturated carbocycles. The van der Waals surface area contributed by atoms with E-state index in [0.29, 0.717) is 6.54 Å². The summed E-state index contributed by atoms with van der Waals surface area (Å²) < 4.78 is 0. The summed E-state index contributed by atoms with van der Waals surface area (Å²) in [4.78, 5) is 2.77. The molecule has 22 heavy (non-hydrogen) atoms. The van der Waals surface area contributed by atoms with E-state index in [4.69, 9.17) is 5.53 Å². The molecule has 0 unspecified atom stereocenters. The SMILES string of the molecule is CCCCCC=CC1(C=CCCCCN=[N+]=[N-])C=CCC=C1. The van der Waals surface area contributed by atoms with Crippen LogP contribution in [0, 0.1) is 5.41 Å². The average Bonchev–Trinajstić information content (AvgIpc) is 2.55. The van der Waals surface area contributed by atoms with E-state index < -0.39 is 0 Å². The lowest BCUT2D eigenvalue weighted by Crippen LogP contribution is -2.09. The molecule has 0 bridgehead atoms. The molecule has 0 N–H and O–H groups in total. The number of unbranched alkanes of at least 4 members (excludes halogenated alkanes) is 5. The Hall–Kier alpha value is -1.73. The van der Waals surface area contributed by atoms with Gasteiger partial charge in [-0.2, -0.15) is 0 Å². The second kappa shape index (κ2) is 11.9. The maximum atomic E-state index is 8.23. The van der Waals surface area contributed by atoms with Gasteiger partial charge in [0, 0.05) is 16.9 Å². The molecule has 0 fully saturated rings. The Morgan fingerprint density at radius 2 is 1.68 bits per heavy atom. The van der Waals surface area contributed by atoms with E-state index in [-0.39, 0.29) is 5.41 Å². The van der Waals surface area contributed by atoms with Gasteiger partial charge >= 0.3 is 0 Å². The van der Waals surface area contributed by atoms with Crippen molar-refractivity contribution in [2.24, 2.45) is 10.5 Å². The lowest BCUT2D eigenvalue weighted by Gasteiger charge is -2.21. The number of nitrogens with zero attached hydrogens (tertiary/aromatic N) is 3. The topological polar surface area (TPSA) is 48.8 Å². The largest absolute Gasteiger partial charge is 0.0940 e. The zero-order chi connectivity index (χ0) is 15.9. The summed E-state index contributed by atoms with van der Waals surface area (Å²) in [5, 5.41) is 3.56. The monoisotopic (exact) mass is 299 g/mol. The smallest absolute Gasteiger partial charge is 0.0423 e. The normalized spacial score (nSPS) is 16.4. The van der Waals surface area contributed by atoms with Crippen molar-refractivity contribution in [1.29, 1.82) is 0 Å². The third-order valence-corrected chi connectivity index (χ3v) is 3.81. The molecular weight excluding hydrogens is 270 g/mol. The Bertz CT molecular complexity index is 439. The third-order valence-electron chi connectivity index (χ3n) is 3.81. The molecule has 0 aromatic heterocycles. The second-order valence-corrected chi connectivity index (χ2v) is 5.79. The molecule has 1 aliphatic rings. The van der Waals surface area contributed by atoms with Gasteiger partial charge in [0.05, 0.1) is 0 Å². The Kier molecular flexibility index (Phi) is 9.89. The summed E-state index contributed by atoms with van der Waals surface area (Å²) in [5.74, 6) is 0. The molecule has 1 aliphatic carbocycles. The third kappa shape index (κ3) is 7.90. The summed E-state index contributed by atoms with van der Waals surface area (Å²) >= 11 is 0. The van der Waals surface area contributed by atoms with Gasteiger partial charge in [0.2, 0.25) is 0 Å². The fraction of sp³-hybridized carbons (Fsp3) is 0.579. The van der Waals surface area contributed by atoms with Crippen LogP contribution >= 0.6 is 0 Å². The quantitative estimate of drug-likeness (QED) is 0.135. The first kappa shape index (κ1) is 18.3. The van der Waals surface area contributed by atoms with Crippen molar-refractivity contribution >= 4 is 0 Å². The minimum absolute atomic E-state index is 0.0325. The van der Waals surface area contributed by atoms with E-state index in [1.807, 2.05) is 0 Å². The van der Waals surface area contributed by atoms with Crippen molar-refractivity contribution in [3.8, 4) is 0 Å².